The molecule has 0 spiro atoms. The van der Waals surface area contributed by atoms with Crippen LogP contribution < -0.4 is 10.1 Å². The van der Waals surface area contributed by atoms with E-state index in [9.17, 15) is 0 Å². The molecule has 0 atom stereocenters. The maximum Gasteiger partial charge on any atom is 0.227 e. The molecule has 6 heteroatoms. The van der Waals surface area contributed by atoms with Gasteiger partial charge in [-0.15, -0.1) is 0 Å². The van der Waals surface area contributed by atoms with E-state index in [1.54, 1.807) is 18.6 Å². The summed E-state index contributed by atoms with van der Waals surface area (Å²) in [5, 5.41) is 3.21. The van der Waals surface area contributed by atoms with Crippen LogP contribution in [0.4, 0.5) is 11.6 Å². The summed E-state index contributed by atoms with van der Waals surface area (Å²) in [7, 11) is 4.05. The average Bonchev–Trinajstić information content (AvgIpc) is 2.64. The van der Waals surface area contributed by atoms with Gasteiger partial charge in [0.2, 0.25) is 5.95 Å². The minimum absolute atomic E-state index is 0.544. The van der Waals surface area contributed by atoms with Crippen LogP contribution in [0.25, 0.3) is 11.3 Å². The molecular formula is C19H21N5O. The molecule has 3 rings (SSSR count). The van der Waals surface area contributed by atoms with Crippen molar-refractivity contribution in [2.24, 2.45) is 0 Å². The Kier molecular flexibility index (Phi) is 5.53. The van der Waals surface area contributed by atoms with E-state index in [4.69, 9.17) is 4.74 Å². The van der Waals surface area contributed by atoms with Crippen LogP contribution in [0.15, 0.2) is 61.1 Å². The number of hydrogen-bond acceptors (Lipinski definition) is 6. The number of nitrogens with one attached hydrogen (secondary N) is 1. The van der Waals surface area contributed by atoms with Gasteiger partial charge in [0.05, 0.1) is 5.69 Å². The minimum atomic E-state index is 0.544. The molecule has 2 aromatic heterocycles. The number of aromatic nitrogens is 3. The van der Waals surface area contributed by atoms with Crippen molar-refractivity contribution in [1.82, 2.24) is 19.9 Å². The number of ether oxygens (including phenoxy) is 1. The summed E-state index contributed by atoms with van der Waals surface area (Å²) in [6, 6.07) is 13.5. The zero-order valence-corrected chi connectivity index (χ0v) is 14.4. The lowest BCUT2D eigenvalue weighted by Crippen LogP contribution is -2.19. The Bertz CT molecular complexity index is 790. The topological polar surface area (TPSA) is 63.2 Å². The SMILES string of the molecule is CN(C)CCOc1ccc(Nc2nccc(-c3cccnc3)n2)cc1. The Morgan fingerprint density at radius 1 is 1.04 bits per heavy atom. The van der Waals surface area contributed by atoms with Crippen molar-refractivity contribution in [3.8, 4) is 17.0 Å². The van der Waals surface area contributed by atoms with Gasteiger partial charge in [0, 0.05) is 36.4 Å². The maximum atomic E-state index is 5.69. The van der Waals surface area contributed by atoms with E-state index in [1.807, 2.05) is 56.6 Å². The first-order chi connectivity index (χ1) is 12.2. The Morgan fingerprint density at radius 3 is 2.60 bits per heavy atom. The third-order valence-electron chi connectivity index (χ3n) is 3.53. The second kappa shape index (κ2) is 8.21. The van der Waals surface area contributed by atoms with E-state index in [0.29, 0.717) is 12.6 Å². The highest BCUT2D eigenvalue weighted by Crippen LogP contribution is 2.20. The van der Waals surface area contributed by atoms with Gasteiger partial charge in [-0.05, 0) is 56.6 Å². The lowest BCUT2D eigenvalue weighted by atomic mass is 10.2. The lowest BCUT2D eigenvalue weighted by Gasteiger charge is -2.11. The molecule has 2 heterocycles. The van der Waals surface area contributed by atoms with Gasteiger partial charge < -0.3 is 15.0 Å². The fourth-order valence-electron chi connectivity index (χ4n) is 2.20. The molecule has 0 amide bonds. The van der Waals surface area contributed by atoms with Crippen molar-refractivity contribution in [2.45, 2.75) is 0 Å². The van der Waals surface area contributed by atoms with Gasteiger partial charge in [-0.25, -0.2) is 9.97 Å². The van der Waals surface area contributed by atoms with Crippen molar-refractivity contribution in [3.05, 3.63) is 61.1 Å². The molecule has 3 aromatic rings. The van der Waals surface area contributed by atoms with Gasteiger partial charge in [-0.2, -0.15) is 0 Å². The van der Waals surface area contributed by atoms with Crippen LogP contribution in [-0.4, -0.2) is 47.1 Å². The summed E-state index contributed by atoms with van der Waals surface area (Å²) in [5.41, 5.74) is 2.69. The van der Waals surface area contributed by atoms with Gasteiger partial charge in [0.25, 0.3) is 0 Å². The second-order valence-corrected chi connectivity index (χ2v) is 5.81. The molecule has 0 aliphatic rings. The number of benzene rings is 1. The van der Waals surface area contributed by atoms with Crippen LogP contribution in [0.2, 0.25) is 0 Å². The van der Waals surface area contributed by atoms with Crippen LogP contribution in [0.5, 0.6) is 5.75 Å². The average molecular weight is 335 g/mol. The van der Waals surface area contributed by atoms with E-state index in [2.05, 4.69) is 25.2 Å². The standard InChI is InChI=1S/C19H21N5O/c1-24(2)12-13-25-17-7-5-16(6-8-17)22-19-21-11-9-18(23-19)15-4-3-10-20-14-15/h3-11,14H,12-13H2,1-2H3,(H,21,22,23). The second-order valence-electron chi connectivity index (χ2n) is 5.81. The first-order valence-electron chi connectivity index (χ1n) is 8.09. The highest BCUT2D eigenvalue weighted by molar-refractivity contribution is 5.61. The van der Waals surface area contributed by atoms with Gasteiger partial charge in [0.1, 0.15) is 12.4 Å². The summed E-state index contributed by atoms with van der Waals surface area (Å²) in [4.78, 5) is 15.0. The smallest absolute Gasteiger partial charge is 0.227 e. The molecule has 6 nitrogen and oxygen atoms in total. The minimum Gasteiger partial charge on any atom is -0.492 e. The Hall–Kier alpha value is -2.99. The summed E-state index contributed by atoms with van der Waals surface area (Å²) in [6.07, 6.45) is 5.26. The van der Waals surface area contributed by atoms with Crippen molar-refractivity contribution < 1.29 is 4.74 Å². The summed E-state index contributed by atoms with van der Waals surface area (Å²) >= 11 is 0. The lowest BCUT2D eigenvalue weighted by molar-refractivity contribution is 0.261. The number of likely N-dealkylation sites (N-methyl/N-ethyl adjacent to an activating group) is 1. The molecule has 0 saturated carbocycles. The van der Waals surface area contributed by atoms with Crippen molar-refractivity contribution in [2.75, 3.05) is 32.6 Å². The predicted molar refractivity (Wildman–Crippen MR) is 99.0 cm³/mol. The molecule has 25 heavy (non-hydrogen) atoms. The summed E-state index contributed by atoms with van der Waals surface area (Å²) < 4.78 is 5.69. The van der Waals surface area contributed by atoms with Gasteiger partial charge in [-0.1, -0.05) is 0 Å². The molecule has 0 bridgehead atoms. The van der Waals surface area contributed by atoms with E-state index in [0.717, 1.165) is 29.2 Å². The molecule has 0 aliphatic carbocycles. The first-order valence-corrected chi connectivity index (χ1v) is 8.09. The molecule has 0 saturated heterocycles. The summed E-state index contributed by atoms with van der Waals surface area (Å²) in [6.45, 7) is 1.55. The van der Waals surface area contributed by atoms with Crippen LogP contribution in [-0.2, 0) is 0 Å². The number of hydrogen-bond donors (Lipinski definition) is 1. The third kappa shape index (κ3) is 4.99. The highest BCUT2D eigenvalue weighted by atomic mass is 16.5. The molecule has 0 unspecified atom stereocenters. The number of nitrogens with zero attached hydrogens (tertiary/aromatic N) is 4. The van der Waals surface area contributed by atoms with Crippen LogP contribution in [0.3, 0.4) is 0 Å². The van der Waals surface area contributed by atoms with Gasteiger partial charge in [0.15, 0.2) is 0 Å². The Balaban J connectivity index is 1.64. The quantitative estimate of drug-likeness (QED) is 0.715. The van der Waals surface area contributed by atoms with Crippen LogP contribution in [0, 0.1) is 0 Å². The zero-order chi connectivity index (χ0) is 17.5. The Labute approximate surface area is 147 Å². The number of anilines is 2. The van der Waals surface area contributed by atoms with Crippen molar-refractivity contribution in [3.63, 3.8) is 0 Å². The molecule has 128 valence electrons. The normalized spacial score (nSPS) is 10.7. The molecule has 1 aromatic carbocycles. The van der Waals surface area contributed by atoms with E-state index >= 15 is 0 Å². The van der Waals surface area contributed by atoms with Gasteiger partial charge in [-0.3, -0.25) is 4.98 Å². The zero-order valence-electron chi connectivity index (χ0n) is 14.4. The van der Waals surface area contributed by atoms with E-state index in [-0.39, 0.29) is 0 Å². The highest BCUT2D eigenvalue weighted by Gasteiger charge is 2.03. The van der Waals surface area contributed by atoms with Crippen molar-refractivity contribution in [1.29, 1.82) is 0 Å². The monoisotopic (exact) mass is 335 g/mol. The molecule has 0 radical (unpaired) electrons. The van der Waals surface area contributed by atoms with E-state index in [1.165, 1.54) is 0 Å². The summed E-state index contributed by atoms with van der Waals surface area (Å²) in [5.74, 6) is 1.39. The largest absolute Gasteiger partial charge is 0.492 e. The van der Waals surface area contributed by atoms with Gasteiger partial charge >= 0.3 is 0 Å². The van der Waals surface area contributed by atoms with Crippen LogP contribution in [0.1, 0.15) is 0 Å². The van der Waals surface area contributed by atoms with Crippen molar-refractivity contribution >= 4 is 11.6 Å². The van der Waals surface area contributed by atoms with E-state index < -0.39 is 0 Å². The fraction of sp³-hybridized carbons (Fsp3) is 0.211. The fourth-order valence-corrected chi connectivity index (χ4v) is 2.20. The number of pyridine rings is 1. The van der Waals surface area contributed by atoms with Crippen LogP contribution >= 0.6 is 0 Å². The molecular weight excluding hydrogens is 314 g/mol. The molecule has 0 aliphatic heterocycles. The first kappa shape index (κ1) is 16.9. The predicted octanol–water partition coefficient (Wildman–Crippen LogP) is 3.22. The Morgan fingerprint density at radius 2 is 1.88 bits per heavy atom. The third-order valence-corrected chi connectivity index (χ3v) is 3.53. The number of rotatable bonds is 7. The maximum absolute atomic E-state index is 5.69. The molecule has 0 fully saturated rings. The molecule has 1 N–H and O–H groups in total.